The van der Waals surface area contributed by atoms with Crippen molar-refractivity contribution in [1.29, 1.82) is 0 Å². The number of carbonyl (C=O) groups excluding carboxylic acids is 1. The van der Waals surface area contributed by atoms with Crippen molar-refractivity contribution in [3.63, 3.8) is 0 Å². The number of ether oxygens (including phenoxy) is 2. The number of nitrogens with zero attached hydrogens (tertiary/aromatic N) is 1. The molecule has 5 rings (SSSR count). The normalized spacial score (nSPS) is 20.0. The summed E-state index contributed by atoms with van der Waals surface area (Å²) in [5.74, 6) is 0.760. The highest BCUT2D eigenvalue weighted by Crippen LogP contribution is 2.50. The van der Waals surface area contributed by atoms with Crippen molar-refractivity contribution in [2.75, 3.05) is 12.1 Å². The monoisotopic (exact) mass is 364 g/mol. The molecule has 0 amide bonds. The van der Waals surface area contributed by atoms with E-state index in [-0.39, 0.29) is 18.3 Å². The zero-order valence-electron chi connectivity index (χ0n) is 14.4. The van der Waals surface area contributed by atoms with Gasteiger partial charge in [0.25, 0.3) is 5.69 Å². The molecule has 0 saturated heterocycles. The first-order chi connectivity index (χ1) is 13.1. The lowest BCUT2D eigenvalue weighted by atomic mass is 9.75. The quantitative estimate of drug-likeness (QED) is 0.642. The molecule has 2 aromatic carbocycles. The number of Topliss-reactive ketones (excluding diaryl/α,β-unsaturated/α-hetero) is 1. The molecule has 1 atom stereocenters. The summed E-state index contributed by atoms with van der Waals surface area (Å²) in [5.41, 5.74) is 3.60. The summed E-state index contributed by atoms with van der Waals surface area (Å²) in [6.45, 7) is 0.139. The lowest BCUT2D eigenvalue weighted by Gasteiger charge is -2.34. The molecule has 136 valence electrons. The predicted octanol–water partition coefficient (Wildman–Crippen LogP) is 3.89. The molecule has 7 heteroatoms. The molecule has 2 heterocycles. The second-order valence-electron chi connectivity index (χ2n) is 6.84. The number of benzene rings is 2. The van der Waals surface area contributed by atoms with Gasteiger partial charge in [-0.3, -0.25) is 14.9 Å². The average molecular weight is 364 g/mol. The van der Waals surface area contributed by atoms with Crippen LogP contribution in [0.3, 0.4) is 0 Å². The van der Waals surface area contributed by atoms with Gasteiger partial charge in [0.05, 0.1) is 4.92 Å². The van der Waals surface area contributed by atoms with Crippen LogP contribution in [0.15, 0.2) is 47.7 Å². The Bertz CT molecular complexity index is 1030. The van der Waals surface area contributed by atoms with Crippen molar-refractivity contribution >= 4 is 17.2 Å². The molecule has 27 heavy (non-hydrogen) atoms. The van der Waals surface area contributed by atoms with Crippen LogP contribution in [0, 0.1) is 10.1 Å². The highest BCUT2D eigenvalue weighted by molar-refractivity contribution is 6.01. The summed E-state index contributed by atoms with van der Waals surface area (Å²) < 4.78 is 11.0. The van der Waals surface area contributed by atoms with Crippen molar-refractivity contribution in [3.8, 4) is 11.5 Å². The fourth-order valence-electron chi connectivity index (χ4n) is 4.17. The molecule has 0 radical (unpaired) electrons. The first-order valence-electron chi connectivity index (χ1n) is 8.83. The van der Waals surface area contributed by atoms with Crippen LogP contribution >= 0.6 is 0 Å². The number of fused-ring (bicyclic) bond motifs is 2. The molecule has 0 saturated carbocycles. The maximum absolute atomic E-state index is 12.8. The third-order valence-corrected chi connectivity index (χ3v) is 5.33. The third-order valence-electron chi connectivity index (χ3n) is 5.33. The van der Waals surface area contributed by atoms with Crippen molar-refractivity contribution in [3.05, 3.63) is 68.9 Å². The van der Waals surface area contributed by atoms with E-state index in [1.54, 1.807) is 18.2 Å². The van der Waals surface area contributed by atoms with Crippen LogP contribution in [-0.2, 0) is 4.79 Å². The number of hydrogen-bond donors (Lipinski definition) is 1. The molecular formula is C20H16N2O5. The number of allylic oxidation sites excluding steroid dienone is 2. The van der Waals surface area contributed by atoms with Crippen molar-refractivity contribution in [2.45, 2.75) is 25.2 Å². The lowest BCUT2D eigenvalue weighted by molar-refractivity contribution is -0.385. The lowest BCUT2D eigenvalue weighted by Crippen LogP contribution is -2.27. The molecule has 0 bridgehead atoms. The van der Waals surface area contributed by atoms with Crippen molar-refractivity contribution < 1.29 is 19.2 Å². The molecule has 2 aliphatic heterocycles. The van der Waals surface area contributed by atoms with Gasteiger partial charge in [-0.05, 0) is 24.5 Å². The number of rotatable bonds is 2. The highest BCUT2D eigenvalue weighted by atomic mass is 16.7. The minimum Gasteiger partial charge on any atom is -0.454 e. The Morgan fingerprint density at radius 1 is 1.07 bits per heavy atom. The number of nitrogens with one attached hydrogen (secondary N) is 1. The Kier molecular flexibility index (Phi) is 3.43. The fourth-order valence-corrected chi connectivity index (χ4v) is 4.17. The van der Waals surface area contributed by atoms with Gasteiger partial charge in [0.2, 0.25) is 6.79 Å². The average Bonchev–Trinajstić information content (AvgIpc) is 3.12. The van der Waals surface area contributed by atoms with Crippen LogP contribution in [0.4, 0.5) is 11.4 Å². The summed E-state index contributed by atoms with van der Waals surface area (Å²) in [7, 11) is 0. The summed E-state index contributed by atoms with van der Waals surface area (Å²) in [4.78, 5) is 24.1. The van der Waals surface area contributed by atoms with E-state index in [9.17, 15) is 14.9 Å². The molecular weight excluding hydrogens is 348 g/mol. The molecule has 0 spiro atoms. The first kappa shape index (κ1) is 15.9. The molecule has 7 nitrogen and oxygen atoms in total. The van der Waals surface area contributed by atoms with Gasteiger partial charge < -0.3 is 14.8 Å². The van der Waals surface area contributed by atoms with Gasteiger partial charge in [0.15, 0.2) is 17.3 Å². The third kappa shape index (κ3) is 2.38. The maximum Gasteiger partial charge on any atom is 0.273 e. The summed E-state index contributed by atoms with van der Waals surface area (Å²) in [5, 5.41) is 15.0. The number of anilines is 1. The van der Waals surface area contributed by atoms with Gasteiger partial charge in [-0.2, -0.15) is 0 Å². The standard InChI is InChI=1S/C20H16N2O5/c23-16-7-3-5-13-20(16)19(11-4-1-2-6-15(11)22(24)25)12-8-17-18(27-10-26-17)9-14(12)21-13/h1-2,4,6,8-9,19,21H,3,5,7,10H2. The number of para-hydroxylation sites is 1. The summed E-state index contributed by atoms with van der Waals surface area (Å²) in [6, 6.07) is 10.3. The number of carbonyl (C=O) groups is 1. The molecule has 0 aromatic heterocycles. The highest BCUT2D eigenvalue weighted by Gasteiger charge is 2.39. The van der Waals surface area contributed by atoms with Crippen LogP contribution in [-0.4, -0.2) is 17.5 Å². The van der Waals surface area contributed by atoms with Crippen molar-refractivity contribution in [1.82, 2.24) is 0 Å². The Hall–Kier alpha value is -3.35. The van der Waals surface area contributed by atoms with E-state index in [4.69, 9.17) is 9.47 Å². The Labute approximate surface area is 154 Å². The van der Waals surface area contributed by atoms with E-state index in [0.29, 0.717) is 29.1 Å². The van der Waals surface area contributed by atoms with Crippen LogP contribution in [0.1, 0.15) is 36.3 Å². The number of nitro groups is 1. The van der Waals surface area contributed by atoms with Gasteiger partial charge in [0.1, 0.15) is 0 Å². The van der Waals surface area contributed by atoms with Gasteiger partial charge in [0, 0.05) is 47.0 Å². The van der Waals surface area contributed by atoms with E-state index < -0.39 is 10.8 Å². The number of nitro benzene ring substituents is 1. The van der Waals surface area contributed by atoms with Crippen molar-refractivity contribution in [2.24, 2.45) is 0 Å². The molecule has 1 aliphatic carbocycles. The second kappa shape index (κ2) is 5.84. The SMILES string of the molecule is O=C1CCCC2=C1C(c1ccccc1[N+](=O)[O-])c1cc3c(cc1N2)OCO3. The number of ketones is 1. The van der Waals surface area contributed by atoms with E-state index >= 15 is 0 Å². The van der Waals surface area contributed by atoms with Crippen LogP contribution in [0.5, 0.6) is 11.5 Å². The number of hydrogen-bond acceptors (Lipinski definition) is 6. The van der Waals surface area contributed by atoms with Gasteiger partial charge in [-0.15, -0.1) is 0 Å². The molecule has 1 unspecified atom stereocenters. The second-order valence-corrected chi connectivity index (χ2v) is 6.84. The van der Waals surface area contributed by atoms with E-state index in [2.05, 4.69) is 5.32 Å². The van der Waals surface area contributed by atoms with Crippen LogP contribution < -0.4 is 14.8 Å². The fraction of sp³-hybridized carbons (Fsp3) is 0.250. The zero-order chi connectivity index (χ0) is 18.5. The Balaban J connectivity index is 1.78. The van der Waals surface area contributed by atoms with Crippen LogP contribution in [0.2, 0.25) is 0 Å². The van der Waals surface area contributed by atoms with E-state index in [1.807, 2.05) is 12.1 Å². The molecule has 2 aromatic rings. The summed E-state index contributed by atoms with van der Waals surface area (Å²) in [6.07, 6.45) is 1.97. The largest absolute Gasteiger partial charge is 0.454 e. The van der Waals surface area contributed by atoms with Gasteiger partial charge >= 0.3 is 0 Å². The minimum absolute atomic E-state index is 0.0123. The van der Waals surface area contributed by atoms with Crippen LogP contribution in [0.25, 0.3) is 0 Å². The smallest absolute Gasteiger partial charge is 0.273 e. The Morgan fingerprint density at radius 3 is 2.67 bits per heavy atom. The predicted molar refractivity (Wildman–Crippen MR) is 97.0 cm³/mol. The summed E-state index contributed by atoms with van der Waals surface area (Å²) >= 11 is 0. The van der Waals surface area contributed by atoms with Gasteiger partial charge in [-0.25, -0.2) is 0 Å². The topological polar surface area (TPSA) is 90.7 Å². The van der Waals surface area contributed by atoms with Gasteiger partial charge in [-0.1, -0.05) is 18.2 Å². The van der Waals surface area contributed by atoms with E-state index in [0.717, 1.165) is 29.8 Å². The maximum atomic E-state index is 12.8. The zero-order valence-corrected chi connectivity index (χ0v) is 14.4. The molecule has 0 fully saturated rings. The van der Waals surface area contributed by atoms with E-state index in [1.165, 1.54) is 6.07 Å². The Morgan fingerprint density at radius 2 is 1.85 bits per heavy atom. The molecule has 3 aliphatic rings. The minimum atomic E-state index is -0.500. The molecule has 1 N–H and O–H groups in total. The first-order valence-corrected chi connectivity index (χ1v) is 8.83.